The molecule has 0 aliphatic rings. The Labute approximate surface area is 98.3 Å². The summed E-state index contributed by atoms with van der Waals surface area (Å²) in [5.41, 5.74) is 0. The summed E-state index contributed by atoms with van der Waals surface area (Å²) in [6.45, 7) is 13.6. The molecule has 0 saturated heterocycles. The zero-order valence-electron chi connectivity index (χ0n) is 10.4. The van der Waals surface area contributed by atoms with Crippen molar-refractivity contribution in [2.75, 3.05) is 11.5 Å². The van der Waals surface area contributed by atoms with Crippen LogP contribution in [0.5, 0.6) is 0 Å². The van der Waals surface area contributed by atoms with Crippen LogP contribution in [0, 0.1) is 0 Å². The molecule has 0 aliphatic heterocycles. The van der Waals surface area contributed by atoms with E-state index in [0.717, 1.165) is 11.5 Å². The number of thioether (sulfide) groups is 2. The summed E-state index contributed by atoms with van der Waals surface area (Å²) in [6.07, 6.45) is 4.57. The average molecular weight is 232 g/mol. The van der Waals surface area contributed by atoms with Crippen molar-refractivity contribution in [1.82, 2.24) is 0 Å². The average Bonchev–Trinajstić information content (AvgIpc) is 1.92. The van der Waals surface area contributed by atoms with Gasteiger partial charge < -0.3 is 0 Å². The standard InChI is InChI=1S/C12H24S2/c1-11(2,3)13-9-7-8-10-14-12(4,5)6/h7-8H,9-10H2,1-6H3/b8-7+. The Bertz CT molecular complexity index is 150. The van der Waals surface area contributed by atoms with Crippen molar-refractivity contribution in [1.29, 1.82) is 0 Å². The van der Waals surface area contributed by atoms with Crippen molar-refractivity contribution in [3.05, 3.63) is 12.2 Å². The third-order valence-electron chi connectivity index (χ3n) is 1.39. The monoisotopic (exact) mass is 232 g/mol. The Hall–Kier alpha value is 0.440. The molecule has 0 atom stereocenters. The number of hydrogen-bond acceptors (Lipinski definition) is 2. The first-order valence-electron chi connectivity index (χ1n) is 5.14. The van der Waals surface area contributed by atoms with Gasteiger partial charge >= 0.3 is 0 Å². The molecule has 14 heavy (non-hydrogen) atoms. The van der Waals surface area contributed by atoms with E-state index in [2.05, 4.69) is 53.7 Å². The minimum Gasteiger partial charge on any atom is -0.152 e. The first-order chi connectivity index (χ1) is 6.21. The second-order valence-corrected chi connectivity index (χ2v) is 9.01. The van der Waals surface area contributed by atoms with E-state index in [9.17, 15) is 0 Å². The highest BCUT2D eigenvalue weighted by molar-refractivity contribution is 8.01. The lowest BCUT2D eigenvalue weighted by atomic mass is 10.3. The summed E-state index contributed by atoms with van der Waals surface area (Å²) in [5, 5.41) is 0. The van der Waals surface area contributed by atoms with Crippen LogP contribution < -0.4 is 0 Å². The highest BCUT2D eigenvalue weighted by atomic mass is 32.2. The Morgan fingerprint density at radius 1 is 0.714 bits per heavy atom. The summed E-state index contributed by atoms with van der Waals surface area (Å²) >= 11 is 3.99. The molecule has 2 heteroatoms. The zero-order valence-corrected chi connectivity index (χ0v) is 12.0. The fourth-order valence-electron chi connectivity index (χ4n) is 0.732. The lowest BCUT2D eigenvalue weighted by molar-refractivity contribution is 0.804. The lowest BCUT2D eigenvalue weighted by Gasteiger charge is -2.16. The predicted octanol–water partition coefficient (Wildman–Crippen LogP) is 4.61. The van der Waals surface area contributed by atoms with E-state index < -0.39 is 0 Å². The smallest absolute Gasteiger partial charge is 0.0118 e. The van der Waals surface area contributed by atoms with Gasteiger partial charge in [-0.15, -0.1) is 0 Å². The van der Waals surface area contributed by atoms with Crippen molar-refractivity contribution in [3.8, 4) is 0 Å². The summed E-state index contributed by atoms with van der Waals surface area (Å²) in [7, 11) is 0. The maximum atomic E-state index is 2.29. The van der Waals surface area contributed by atoms with Crippen molar-refractivity contribution in [3.63, 3.8) is 0 Å². The molecule has 0 aromatic rings. The molecule has 0 fully saturated rings. The molecular weight excluding hydrogens is 208 g/mol. The molecule has 0 heterocycles. The molecule has 0 aromatic heterocycles. The molecule has 0 rings (SSSR count). The SMILES string of the molecule is CC(C)(C)SC/C=C/CSC(C)(C)C. The maximum Gasteiger partial charge on any atom is 0.0118 e. The van der Waals surface area contributed by atoms with E-state index >= 15 is 0 Å². The van der Waals surface area contributed by atoms with E-state index in [1.807, 2.05) is 23.5 Å². The van der Waals surface area contributed by atoms with Crippen LogP contribution in [0.4, 0.5) is 0 Å². The normalized spacial score (nSPS) is 13.9. The summed E-state index contributed by atoms with van der Waals surface area (Å²) in [4.78, 5) is 0. The van der Waals surface area contributed by atoms with Crippen molar-refractivity contribution in [2.45, 2.75) is 51.0 Å². The van der Waals surface area contributed by atoms with Gasteiger partial charge in [-0.2, -0.15) is 23.5 Å². The Kier molecular flexibility index (Phi) is 6.31. The third kappa shape index (κ3) is 12.4. The van der Waals surface area contributed by atoms with E-state index in [-0.39, 0.29) is 0 Å². The van der Waals surface area contributed by atoms with Gasteiger partial charge in [0.25, 0.3) is 0 Å². The molecule has 0 N–H and O–H groups in total. The third-order valence-corrected chi connectivity index (χ3v) is 3.84. The quantitative estimate of drug-likeness (QED) is 0.649. The second kappa shape index (κ2) is 6.12. The number of rotatable bonds is 4. The fraction of sp³-hybridized carbons (Fsp3) is 0.833. The van der Waals surface area contributed by atoms with E-state index in [1.165, 1.54) is 0 Å². The predicted molar refractivity (Wildman–Crippen MR) is 73.6 cm³/mol. The number of hydrogen-bond donors (Lipinski definition) is 0. The van der Waals surface area contributed by atoms with Crippen LogP contribution in [0.3, 0.4) is 0 Å². The van der Waals surface area contributed by atoms with Crippen LogP contribution >= 0.6 is 23.5 Å². The first kappa shape index (κ1) is 14.4. The van der Waals surface area contributed by atoms with Crippen LogP contribution in [0.2, 0.25) is 0 Å². The summed E-state index contributed by atoms with van der Waals surface area (Å²) in [5.74, 6) is 2.27. The molecule has 0 aromatic carbocycles. The van der Waals surface area contributed by atoms with Gasteiger partial charge in [-0.05, 0) is 0 Å². The highest BCUT2D eigenvalue weighted by Gasteiger charge is 2.09. The topological polar surface area (TPSA) is 0 Å². The fourth-order valence-corrected chi connectivity index (χ4v) is 2.20. The molecule has 0 spiro atoms. The van der Waals surface area contributed by atoms with Gasteiger partial charge in [-0.1, -0.05) is 53.7 Å². The largest absolute Gasteiger partial charge is 0.152 e. The molecule has 0 radical (unpaired) electrons. The minimum absolute atomic E-state index is 0.390. The minimum atomic E-state index is 0.390. The van der Waals surface area contributed by atoms with Gasteiger partial charge in [-0.3, -0.25) is 0 Å². The second-order valence-electron chi connectivity index (χ2n) is 5.32. The van der Waals surface area contributed by atoms with Gasteiger partial charge in [0.05, 0.1) is 0 Å². The van der Waals surface area contributed by atoms with E-state index in [0.29, 0.717) is 9.49 Å². The summed E-state index contributed by atoms with van der Waals surface area (Å²) < 4.78 is 0.781. The van der Waals surface area contributed by atoms with E-state index in [1.54, 1.807) is 0 Å². The molecule has 84 valence electrons. The van der Waals surface area contributed by atoms with Gasteiger partial charge in [0.1, 0.15) is 0 Å². The molecule has 0 aliphatic carbocycles. The van der Waals surface area contributed by atoms with Crippen LogP contribution in [0.25, 0.3) is 0 Å². The molecule has 0 saturated carbocycles. The Balaban J connectivity index is 3.47. The zero-order chi connectivity index (χ0) is 11.2. The van der Waals surface area contributed by atoms with Crippen molar-refractivity contribution >= 4 is 23.5 Å². The molecular formula is C12H24S2. The lowest BCUT2D eigenvalue weighted by Crippen LogP contribution is -2.08. The molecule has 0 nitrogen and oxygen atoms in total. The molecule has 0 unspecified atom stereocenters. The summed E-state index contributed by atoms with van der Waals surface area (Å²) in [6, 6.07) is 0. The molecule has 0 amide bonds. The van der Waals surface area contributed by atoms with Gasteiger partial charge in [0, 0.05) is 21.0 Å². The van der Waals surface area contributed by atoms with Crippen LogP contribution in [0.1, 0.15) is 41.5 Å². The van der Waals surface area contributed by atoms with Crippen LogP contribution in [-0.4, -0.2) is 21.0 Å². The van der Waals surface area contributed by atoms with Crippen LogP contribution in [0.15, 0.2) is 12.2 Å². The van der Waals surface area contributed by atoms with Gasteiger partial charge in [0.2, 0.25) is 0 Å². The Morgan fingerprint density at radius 3 is 1.21 bits per heavy atom. The Morgan fingerprint density at radius 2 is 1.00 bits per heavy atom. The van der Waals surface area contributed by atoms with E-state index in [4.69, 9.17) is 0 Å². The van der Waals surface area contributed by atoms with Gasteiger partial charge in [-0.25, -0.2) is 0 Å². The molecule has 0 bridgehead atoms. The van der Waals surface area contributed by atoms with Crippen molar-refractivity contribution in [2.24, 2.45) is 0 Å². The first-order valence-corrected chi connectivity index (χ1v) is 7.11. The van der Waals surface area contributed by atoms with Gasteiger partial charge in [0.15, 0.2) is 0 Å². The maximum absolute atomic E-state index is 2.29. The highest BCUT2D eigenvalue weighted by Crippen LogP contribution is 2.24. The van der Waals surface area contributed by atoms with Crippen molar-refractivity contribution < 1.29 is 0 Å². The van der Waals surface area contributed by atoms with Crippen LogP contribution in [-0.2, 0) is 0 Å².